The molecular formula is C16H27N3O2. The molecule has 0 amide bonds. The van der Waals surface area contributed by atoms with Gasteiger partial charge in [-0.25, -0.2) is 0 Å². The number of nitrogens with zero attached hydrogens (tertiary/aromatic N) is 2. The third-order valence-electron chi connectivity index (χ3n) is 3.76. The second-order valence-corrected chi connectivity index (χ2v) is 5.72. The van der Waals surface area contributed by atoms with Crippen molar-refractivity contribution in [2.24, 2.45) is 0 Å². The third kappa shape index (κ3) is 6.23. The van der Waals surface area contributed by atoms with E-state index < -0.39 is 11.5 Å². The summed E-state index contributed by atoms with van der Waals surface area (Å²) in [5, 5.41) is 12.5. The number of aliphatic carboxylic acids is 1. The predicted molar refractivity (Wildman–Crippen MR) is 84.4 cm³/mol. The van der Waals surface area contributed by atoms with Crippen LogP contribution in [0, 0.1) is 0 Å². The summed E-state index contributed by atoms with van der Waals surface area (Å²) < 4.78 is 0. The van der Waals surface area contributed by atoms with Gasteiger partial charge in [0.05, 0.1) is 0 Å². The van der Waals surface area contributed by atoms with Gasteiger partial charge in [-0.2, -0.15) is 0 Å². The van der Waals surface area contributed by atoms with Crippen LogP contribution in [0.25, 0.3) is 0 Å². The quantitative estimate of drug-likeness (QED) is 0.688. The van der Waals surface area contributed by atoms with Gasteiger partial charge < -0.3 is 15.3 Å². The molecule has 0 aliphatic rings. The summed E-state index contributed by atoms with van der Waals surface area (Å²) in [5.41, 5.74) is 0.406. The van der Waals surface area contributed by atoms with Crippen molar-refractivity contribution in [3.63, 3.8) is 0 Å². The lowest BCUT2D eigenvalue weighted by molar-refractivity contribution is -0.144. The molecule has 0 saturated heterocycles. The van der Waals surface area contributed by atoms with E-state index >= 15 is 0 Å². The highest BCUT2D eigenvalue weighted by Crippen LogP contribution is 2.11. The van der Waals surface area contributed by atoms with Gasteiger partial charge in [0.25, 0.3) is 0 Å². The maximum absolute atomic E-state index is 11.4. The van der Waals surface area contributed by atoms with Crippen molar-refractivity contribution < 1.29 is 9.90 Å². The fourth-order valence-electron chi connectivity index (χ4n) is 2.07. The molecule has 5 heteroatoms. The van der Waals surface area contributed by atoms with Gasteiger partial charge in [0.15, 0.2) is 0 Å². The third-order valence-corrected chi connectivity index (χ3v) is 3.76. The van der Waals surface area contributed by atoms with E-state index in [0.717, 1.165) is 32.5 Å². The standard InChI is InChI=1S/C16H27N3O2/c1-4-9-18-16(2,15(20)21)8-13-19(3)12-7-14-5-10-17-11-6-14/h5-6,10-11,18H,4,7-9,12-13H2,1-3H3,(H,20,21). The molecule has 21 heavy (non-hydrogen) atoms. The van der Waals surface area contributed by atoms with Crippen LogP contribution in [-0.2, 0) is 11.2 Å². The van der Waals surface area contributed by atoms with E-state index in [-0.39, 0.29) is 0 Å². The number of rotatable bonds is 10. The zero-order valence-corrected chi connectivity index (χ0v) is 13.3. The Balaban J connectivity index is 2.39. The number of carbonyl (C=O) groups is 1. The number of hydrogen-bond acceptors (Lipinski definition) is 4. The molecule has 0 bridgehead atoms. The number of pyridine rings is 1. The maximum atomic E-state index is 11.4. The molecule has 0 saturated carbocycles. The van der Waals surface area contributed by atoms with Crippen LogP contribution in [-0.4, -0.2) is 53.2 Å². The largest absolute Gasteiger partial charge is 0.480 e. The van der Waals surface area contributed by atoms with Crippen molar-refractivity contribution in [1.82, 2.24) is 15.2 Å². The van der Waals surface area contributed by atoms with Crippen molar-refractivity contribution in [2.45, 2.75) is 38.6 Å². The van der Waals surface area contributed by atoms with Gasteiger partial charge >= 0.3 is 5.97 Å². The Morgan fingerprint density at radius 2 is 2.05 bits per heavy atom. The number of likely N-dealkylation sites (N-methyl/N-ethyl adjacent to an activating group) is 1. The van der Waals surface area contributed by atoms with Crippen LogP contribution in [0.1, 0.15) is 32.3 Å². The molecule has 5 nitrogen and oxygen atoms in total. The van der Waals surface area contributed by atoms with Crippen LogP contribution in [0.3, 0.4) is 0 Å². The van der Waals surface area contributed by atoms with Crippen LogP contribution in [0.5, 0.6) is 0 Å². The SMILES string of the molecule is CCCNC(C)(CCN(C)CCc1ccncc1)C(=O)O. The molecule has 1 heterocycles. The molecule has 0 spiro atoms. The molecule has 2 N–H and O–H groups in total. The number of carboxylic acid groups (broad SMARTS) is 1. The summed E-state index contributed by atoms with van der Waals surface area (Å²) >= 11 is 0. The zero-order valence-electron chi connectivity index (χ0n) is 13.3. The lowest BCUT2D eigenvalue weighted by atomic mass is 9.97. The molecule has 1 atom stereocenters. The number of hydrogen-bond donors (Lipinski definition) is 2. The number of nitrogens with one attached hydrogen (secondary N) is 1. The molecule has 118 valence electrons. The first-order valence-electron chi connectivity index (χ1n) is 7.54. The summed E-state index contributed by atoms with van der Waals surface area (Å²) in [5.74, 6) is -0.779. The molecule has 0 aromatic carbocycles. The molecule has 0 aliphatic heterocycles. The minimum Gasteiger partial charge on any atom is -0.480 e. The van der Waals surface area contributed by atoms with Crippen LogP contribution in [0.2, 0.25) is 0 Å². The number of aromatic nitrogens is 1. The topological polar surface area (TPSA) is 65.5 Å². The van der Waals surface area contributed by atoms with Crippen LogP contribution >= 0.6 is 0 Å². The first-order valence-corrected chi connectivity index (χ1v) is 7.54. The van der Waals surface area contributed by atoms with Crippen molar-refractivity contribution in [1.29, 1.82) is 0 Å². The Morgan fingerprint density at radius 3 is 2.62 bits per heavy atom. The van der Waals surface area contributed by atoms with Crippen molar-refractivity contribution in [2.75, 3.05) is 26.7 Å². The minimum absolute atomic E-state index is 0.592. The Bertz CT molecular complexity index is 425. The average Bonchev–Trinajstić information content (AvgIpc) is 2.49. The molecule has 0 aliphatic carbocycles. The highest BCUT2D eigenvalue weighted by Gasteiger charge is 2.31. The van der Waals surface area contributed by atoms with Gasteiger partial charge in [-0.05, 0) is 57.5 Å². The molecule has 1 rings (SSSR count). The van der Waals surface area contributed by atoms with E-state index in [0.29, 0.717) is 6.42 Å². The van der Waals surface area contributed by atoms with E-state index in [2.05, 4.69) is 15.2 Å². The van der Waals surface area contributed by atoms with Gasteiger partial charge in [-0.15, -0.1) is 0 Å². The second kappa shape index (κ2) is 8.74. The predicted octanol–water partition coefficient (Wildman–Crippen LogP) is 1.79. The number of carboxylic acids is 1. The summed E-state index contributed by atoms with van der Waals surface area (Å²) in [6.07, 6.45) is 6.07. The molecule has 1 aromatic rings. The van der Waals surface area contributed by atoms with Crippen molar-refractivity contribution in [3.05, 3.63) is 30.1 Å². The molecular weight excluding hydrogens is 266 g/mol. The van der Waals surface area contributed by atoms with Gasteiger partial charge in [-0.3, -0.25) is 9.78 Å². The molecule has 1 unspecified atom stereocenters. The van der Waals surface area contributed by atoms with Crippen LogP contribution in [0.15, 0.2) is 24.5 Å². The Hall–Kier alpha value is -1.46. The summed E-state index contributed by atoms with van der Waals surface area (Å²) in [6.45, 7) is 6.19. The Labute approximate surface area is 127 Å². The summed E-state index contributed by atoms with van der Waals surface area (Å²) in [7, 11) is 2.03. The maximum Gasteiger partial charge on any atom is 0.323 e. The molecule has 1 aromatic heterocycles. The van der Waals surface area contributed by atoms with E-state index in [1.807, 2.05) is 26.1 Å². The monoisotopic (exact) mass is 293 g/mol. The van der Waals surface area contributed by atoms with Crippen molar-refractivity contribution >= 4 is 5.97 Å². The van der Waals surface area contributed by atoms with E-state index in [1.165, 1.54) is 5.56 Å². The lowest BCUT2D eigenvalue weighted by Gasteiger charge is -2.28. The zero-order chi connectivity index (χ0) is 15.7. The highest BCUT2D eigenvalue weighted by molar-refractivity contribution is 5.78. The first kappa shape index (κ1) is 17.6. The van der Waals surface area contributed by atoms with E-state index in [1.54, 1.807) is 19.3 Å². The smallest absolute Gasteiger partial charge is 0.323 e. The normalized spacial score (nSPS) is 14.1. The minimum atomic E-state index is -0.846. The van der Waals surface area contributed by atoms with Gasteiger partial charge in [0.1, 0.15) is 5.54 Å². The van der Waals surface area contributed by atoms with Crippen LogP contribution in [0.4, 0.5) is 0 Å². The summed E-state index contributed by atoms with van der Waals surface area (Å²) in [6, 6.07) is 4.02. The lowest BCUT2D eigenvalue weighted by Crippen LogP contribution is -2.51. The van der Waals surface area contributed by atoms with Gasteiger partial charge in [0.2, 0.25) is 0 Å². The summed E-state index contributed by atoms with van der Waals surface area (Å²) in [4.78, 5) is 17.6. The fourth-order valence-corrected chi connectivity index (χ4v) is 2.07. The highest BCUT2D eigenvalue weighted by atomic mass is 16.4. The Morgan fingerprint density at radius 1 is 1.38 bits per heavy atom. The fraction of sp³-hybridized carbons (Fsp3) is 0.625. The van der Waals surface area contributed by atoms with E-state index in [4.69, 9.17) is 0 Å². The van der Waals surface area contributed by atoms with Gasteiger partial charge in [0, 0.05) is 25.5 Å². The average molecular weight is 293 g/mol. The van der Waals surface area contributed by atoms with Gasteiger partial charge in [-0.1, -0.05) is 6.92 Å². The first-order chi connectivity index (χ1) is 9.98. The van der Waals surface area contributed by atoms with Crippen molar-refractivity contribution in [3.8, 4) is 0 Å². The Kier molecular flexibility index (Phi) is 7.32. The molecule has 0 fully saturated rings. The van der Waals surface area contributed by atoms with E-state index in [9.17, 15) is 9.90 Å². The molecule has 0 radical (unpaired) electrons. The van der Waals surface area contributed by atoms with Crippen LogP contribution < -0.4 is 5.32 Å². The second-order valence-electron chi connectivity index (χ2n) is 5.72.